The molecule has 0 spiro atoms. The molecule has 0 atom stereocenters. The van der Waals surface area contributed by atoms with E-state index in [9.17, 15) is 14.9 Å². The topological polar surface area (TPSA) is 116 Å². The first-order chi connectivity index (χ1) is 11.6. The molecule has 0 unspecified atom stereocenters. The predicted octanol–water partition coefficient (Wildman–Crippen LogP) is 2.13. The Labute approximate surface area is 136 Å². The van der Waals surface area contributed by atoms with Crippen molar-refractivity contribution >= 4 is 17.4 Å². The van der Waals surface area contributed by atoms with Crippen LogP contribution in [-0.4, -0.2) is 30.3 Å². The lowest BCUT2D eigenvalue weighted by Crippen LogP contribution is -2.15. The van der Waals surface area contributed by atoms with E-state index in [4.69, 9.17) is 0 Å². The van der Waals surface area contributed by atoms with Gasteiger partial charge in [0.25, 0.3) is 11.6 Å². The number of nitrogens with one attached hydrogen (secondary N) is 1. The summed E-state index contributed by atoms with van der Waals surface area (Å²) in [6.07, 6.45) is 6.19. The minimum atomic E-state index is -0.520. The van der Waals surface area contributed by atoms with Crippen LogP contribution in [0.25, 0.3) is 5.82 Å². The van der Waals surface area contributed by atoms with Gasteiger partial charge < -0.3 is 5.32 Å². The molecule has 0 aliphatic carbocycles. The van der Waals surface area contributed by atoms with Gasteiger partial charge >= 0.3 is 0 Å². The Kier molecular flexibility index (Phi) is 3.98. The first kappa shape index (κ1) is 15.3. The molecule has 0 saturated heterocycles. The van der Waals surface area contributed by atoms with Gasteiger partial charge in [-0.15, -0.1) is 0 Å². The quantitative estimate of drug-likeness (QED) is 0.580. The molecule has 0 aliphatic rings. The molecule has 3 aromatic rings. The second-order valence-electron chi connectivity index (χ2n) is 4.89. The molecule has 9 nitrogen and oxygen atoms in total. The lowest BCUT2D eigenvalue weighted by atomic mass is 10.1. The summed E-state index contributed by atoms with van der Waals surface area (Å²) in [7, 11) is 0. The molecular formula is C15H12N6O3. The van der Waals surface area contributed by atoms with Crippen molar-refractivity contribution in [1.82, 2.24) is 19.5 Å². The van der Waals surface area contributed by atoms with E-state index in [-0.39, 0.29) is 17.1 Å². The number of nitro groups is 1. The van der Waals surface area contributed by atoms with Crippen LogP contribution in [-0.2, 0) is 0 Å². The fourth-order valence-corrected chi connectivity index (χ4v) is 2.20. The Balaban J connectivity index is 1.87. The summed E-state index contributed by atoms with van der Waals surface area (Å²) in [6.45, 7) is 1.53. The summed E-state index contributed by atoms with van der Waals surface area (Å²) in [4.78, 5) is 34.9. The van der Waals surface area contributed by atoms with Gasteiger partial charge in [-0.2, -0.15) is 0 Å². The first-order valence-corrected chi connectivity index (χ1v) is 6.92. The van der Waals surface area contributed by atoms with Gasteiger partial charge in [-0.3, -0.25) is 19.5 Å². The Morgan fingerprint density at radius 2 is 2.17 bits per heavy atom. The molecule has 3 rings (SSSR count). The highest BCUT2D eigenvalue weighted by molar-refractivity contribution is 6.05. The molecular weight excluding hydrogens is 312 g/mol. The van der Waals surface area contributed by atoms with E-state index in [1.807, 2.05) is 0 Å². The minimum Gasteiger partial charge on any atom is -0.306 e. The van der Waals surface area contributed by atoms with E-state index >= 15 is 0 Å². The summed E-state index contributed by atoms with van der Waals surface area (Å²) in [5.41, 5.74) is 0.403. The molecule has 2 aromatic heterocycles. The molecule has 1 aromatic carbocycles. The number of hydrogen-bond acceptors (Lipinski definition) is 6. The molecule has 9 heteroatoms. The molecule has 0 radical (unpaired) electrons. The largest absolute Gasteiger partial charge is 0.306 e. The van der Waals surface area contributed by atoms with Crippen molar-refractivity contribution in [3.63, 3.8) is 0 Å². The van der Waals surface area contributed by atoms with Crippen LogP contribution in [0, 0.1) is 17.0 Å². The number of rotatable bonds is 4. The molecule has 120 valence electrons. The maximum absolute atomic E-state index is 12.4. The van der Waals surface area contributed by atoms with Gasteiger partial charge in [0.2, 0.25) is 0 Å². The number of carbonyl (C=O) groups is 1. The summed E-state index contributed by atoms with van der Waals surface area (Å²) < 4.78 is 1.66. The highest BCUT2D eigenvalue weighted by Crippen LogP contribution is 2.22. The average Bonchev–Trinajstić information content (AvgIpc) is 3.09. The standard InChI is InChI=1S/C15H12N6O3/c1-10-11(3-2-4-12(10)21(23)24)15(22)19-13-7-14(18-8-17-13)20-6-5-16-9-20/h2-9H,1H3,(H,17,18,19,22). The van der Waals surface area contributed by atoms with Gasteiger partial charge in [-0.1, -0.05) is 6.07 Å². The van der Waals surface area contributed by atoms with E-state index in [0.29, 0.717) is 11.4 Å². The predicted molar refractivity (Wildman–Crippen MR) is 84.9 cm³/mol. The summed E-state index contributed by atoms with van der Waals surface area (Å²) in [6, 6.07) is 5.92. The number of benzene rings is 1. The summed E-state index contributed by atoms with van der Waals surface area (Å²) in [5, 5.41) is 13.6. The van der Waals surface area contributed by atoms with Gasteiger partial charge in [0.15, 0.2) is 0 Å². The Hall–Kier alpha value is -3.62. The Morgan fingerprint density at radius 3 is 2.88 bits per heavy atom. The van der Waals surface area contributed by atoms with Crippen molar-refractivity contribution in [2.24, 2.45) is 0 Å². The van der Waals surface area contributed by atoms with Crippen molar-refractivity contribution in [3.8, 4) is 5.82 Å². The third-order valence-corrected chi connectivity index (χ3v) is 3.41. The number of nitrogens with zero attached hydrogens (tertiary/aromatic N) is 5. The van der Waals surface area contributed by atoms with E-state index < -0.39 is 10.8 Å². The third-order valence-electron chi connectivity index (χ3n) is 3.41. The highest BCUT2D eigenvalue weighted by atomic mass is 16.6. The fourth-order valence-electron chi connectivity index (χ4n) is 2.20. The number of anilines is 1. The first-order valence-electron chi connectivity index (χ1n) is 6.92. The number of aromatic nitrogens is 4. The molecule has 1 N–H and O–H groups in total. The number of carbonyl (C=O) groups excluding carboxylic acids is 1. The van der Waals surface area contributed by atoms with Crippen LogP contribution >= 0.6 is 0 Å². The molecule has 24 heavy (non-hydrogen) atoms. The second-order valence-corrected chi connectivity index (χ2v) is 4.89. The average molecular weight is 324 g/mol. The number of nitro benzene ring substituents is 1. The smallest absolute Gasteiger partial charge is 0.273 e. The molecule has 0 bridgehead atoms. The summed E-state index contributed by atoms with van der Waals surface area (Å²) in [5.74, 6) is 0.338. The van der Waals surface area contributed by atoms with Gasteiger partial charge in [0, 0.05) is 35.7 Å². The van der Waals surface area contributed by atoms with Crippen LogP contribution < -0.4 is 5.32 Å². The number of amides is 1. The zero-order valence-electron chi connectivity index (χ0n) is 12.6. The van der Waals surface area contributed by atoms with E-state index in [1.54, 1.807) is 29.4 Å². The summed E-state index contributed by atoms with van der Waals surface area (Å²) >= 11 is 0. The van der Waals surface area contributed by atoms with Crippen LogP contribution in [0.2, 0.25) is 0 Å². The van der Waals surface area contributed by atoms with Gasteiger partial charge in [0.05, 0.1) is 4.92 Å². The van der Waals surface area contributed by atoms with Crippen LogP contribution in [0.4, 0.5) is 11.5 Å². The van der Waals surface area contributed by atoms with Crippen LogP contribution in [0.15, 0.2) is 49.3 Å². The van der Waals surface area contributed by atoms with Gasteiger partial charge in [0.1, 0.15) is 24.3 Å². The SMILES string of the molecule is Cc1c(C(=O)Nc2cc(-n3ccnc3)ncn2)cccc1[N+](=O)[O-]. The van der Waals surface area contributed by atoms with Crippen molar-refractivity contribution in [3.05, 3.63) is 70.6 Å². The number of hydrogen-bond donors (Lipinski definition) is 1. The molecule has 0 aliphatic heterocycles. The maximum Gasteiger partial charge on any atom is 0.273 e. The zero-order valence-corrected chi connectivity index (χ0v) is 12.6. The van der Waals surface area contributed by atoms with Crippen LogP contribution in [0.5, 0.6) is 0 Å². The van der Waals surface area contributed by atoms with Crippen molar-refractivity contribution < 1.29 is 9.72 Å². The van der Waals surface area contributed by atoms with Crippen molar-refractivity contribution in [2.45, 2.75) is 6.92 Å². The van der Waals surface area contributed by atoms with E-state index in [0.717, 1.165) is 0 Å². The van der Waals surface area contributed by atoms with Crippen LogP contribution in [0.1, 0.15) is 15.9 Å². The monoisotopic (exact) mass is 324 g/mol. The van der Waals surface area contributed by atoms with Crippen molar-refractivity contribution in [1.29, 1.82) is 0 Å². The fraction of sp³-hybridized carbons (Fsp3) is 0.0667. The Bertz CT molecular complexity index is 907. The van der Waals surface area contributed by atoms with Gasteiger partial charge in [-0.05, 0) is 13.0 Å². The van der Waals surface area contributed by atoms with E-state index in [2.05, 4.69) is 20.3 Å². The molecule has 0 fully saturated rings. The molecule has 2 heterocycles. The van der Waals surface area contributed by atoms with Gasteiger partial charge in [-0.25, -0.2) is 15.0 Å². The number of imidazole rings is 1. The normalized spacial score (nSPS) is 10.4. The zero-order chi connectivity index (χ0) is 17.1. The van der Waals surface area contributed by atoms with Crippen molar-refractivity contribution in [2.75, 3.05) is 5.32 Å². The maximum atomic E-state index is 12.4. The van der Waals surface area contributed by atoms with E-state index in [1.165, 1.54) is 31.5 Å². The highest BCUT2D eigenvalue weighted by Gasteiger charge is 2.18. The third kappa shape index (κ3) is 2.95. The Morgan fingerprint density at radius 1 is 1.33 bits per heavy atom. The molecule has 1 amide bonds. The molecule has 0 saturated carbocycles. The lowest BCUT2D eigenvalue weighted by molar-refractivity contribution is -0.385. The second kappa shape index (κ2) is 6.24. The van der Waals surface area contributed by atoms with Crippen LogP contribution in [0.3, 0.4) is 0 Å². The minimum absolute atomic E-state index is 0.107. The lowest BCUT2D eigenvalue weighted by Gasteiger charge is -2.08.